The zero-order valence-electron chi connectivity index (χ0n) is 14.5. The van der Waals surface area contributed by atoms with Gasteiger partial charge in [-0.3, -0.25) is 4.79 Å². The number of unbranched alkanes of at least 4 members (excludes halogenated alkanes) is 5. The maximum absolute atomic E-state index is 11.8. The highest BCUT2D eigenvalue weighted by atomic mass is 16.5. The van der Waals surface area contributed by atoms with Crippen molar-refractivity contribution >= 4 is 11.9 Å². The molecule has 1 aliphatic carbocycles. The van der Waals surface area contributed by atoms with Crippen LogP contribution in [0.3, 0.4) is 0 Å². The highest BCUT2D eigenvalue weighted by Gasteiger charge is 2.14. The number of ketones is 1. The van der Waals surface area contributed by atoms with Crippen molar-refractivity contribution in [2.45, 2.75) is 71.1 Å². The van der Waals surface area contributed by atoms with Crippen molar-refractivity contribution in [1.29, 1.82) is 0 Å². The topological polar surface area (TPSA) is 26.3 Å². The third-order valence-electron chi connectivity index (χ3n) is 4.45. The molecule has 0 aliphatic heterocycles. The fourth-order valence-electron chi connectivity index (χ4n) is 2.99. The molecule has 0 radical (unpaired) electrons. The first kappa shape index (κ1) is 17.8. The summed E-state index contributed by atoms with van der Waals surface area (Å²) in [6.45, 7) is 3.04. The fraction of sp³-hybridized carbons (Fsp3) is 0.571. The first-order valence-electron chi connectivity index (χ1n) is 9.26. The van der Waals surface area contributed by atoms with Crippen LogP contribution in [-0.2, 0) is 4.79 Å². The molecule has 0 unspecified atom stereocenters. The molecule has 1 aliphatic rings. The summed E-state index contributed by atoms with van der Waals surface area (Å²) in [7, 11) is 0. The summed E-state index contributed by atoms with van der Waals surface area (Å²) in [5.41, 5.74) is 2.08. The number of Topliss-reactive ketones (excluding diaryl/α,β-unsaturated/α-hetero) is 1. The zero-order valence-corrected chi connectivity index (χ0v) is 14.5. The van der Waals surface area contributed by atoms with Crippen LogP contribution in [0, 0.1) is 0 Å². The highest BCUT2D eigenvalue weighted by molar-refractivity contribution is 6.00. The molecular formula is C21H30O2. The molecule has 0 saturated heterocycles. The number of carbonyl (C=O) groups excluding carboxylic acids is 1. The van der Waals surface area contributed by atoms with Crippen LogP contribution in [-0.4, -0.2) is 12.4 Å². The van der Waals surface area contributed by atoms with E-state index in [0.717, 1.165) is 49.2 Å². The minimum absolute atomic E-state index is 0.319. The van der Waals surface area contributed by atoms with Gasteiger partial charge in [-0.1, -0.05) is 51.2 Å². The molecule has 0 N–H and O–H groups in total. The molecule has 2 rings (SSSR count). The van der Waals surface area contributed by atoms with Crippen molar-refractivity contribution in [3.05, 3.63) is 35.4 Å². The Morgan fingerprint density at radius 2 is 1.65 bits per heavy atom. The summed E-state index contributed by atoms with van der Waals surface area (Å²) in [5.74, 6) is 1.25. The summed E-state index contributed by atoms with van der Waals surface area (Å²) in [6, 6.07) is 8.12. The lowest BCUT2D eigenvalue weighted by molar-refractivity contribution is -0.116. The van der Waals surface area contributed by atoms with Crippen molar-refractivity contribution < 1.29 is 9.53 Å². The summed E-state index contributed by atoms with van der Waals surface area (Å²) >= 11 is 0. The van der Waals surface area contributed by atoms with Gasteiger partial charge in [0, 0.05) is 6.42 Å². The summed E-state index contributed by atoms with van der Waals surface area (Å²) < 4.78 is 5.79. The standard InChI is InChI=1S/C21H30O2/c1-2-3-4-5-6-9-16-23-20-14-12-18(13-15-20)17-19-10-7-8-11-21(19)22/h12-15,17H,2-11,16H2,1H3/b19-17+. The van der Waals surface area contributed by atoms with Crippen LogP contribution in [0.4, 0.5) is 0 Å². The van der Waals surface area contributed by atoms with Gasteiger partial charge in [0.25, 0.3) is 0 Å². The van der Waals surface area contributed by atoms with E-state index in [2.05, 4.69) is 6.92 Å². The maximum Gasteiger partial charge on any atom is 0.158 e. The first-order valence-corrected chi connectivity index (χ1v) is 9.26. The second kappa shape index (κ2) is 10.3. The van der Waals surface area contributed by atoms with Gasteiger partial charge in [-0.2, -0.15) is 0 Å². The van der Waals surface area contributed by atoms with Gasteiger partial charge in [0.1, 0.15) is 5.75 Å². The van der Waals surface area contributed by atoms with Gasteiger partial charge >= 0.3 is 0 Å². The lowest BCUT2D eigenvalue weighted by Crippen LogP contribution is -2.07. The molecule has 0 aromatic heterocycles. The number of hydrogen-bond donors (Lipinski definition) is 0. The Morgan fingerprint density at radius 3 is 2.39 bits per heavy atom. The van der Waals surface area contributed by atoms with E-state index in [1.165, 1.54) is 32.1 Å². The van der Waals surface area contributed by atoms with Gasteiger partial charge in [-0.05, 0) is 55.0 Å². The van der Waals surface area contributed by atoms with Gasteiger partial charge < -0.3 is 4.74 Å². The SMILES string of the molecule is CCCCCCCCOc1ccc(/C=C2\CCCCC2=O)cc1. The normalized spacial score (nSPS) is 16.7. The van der Waals surface area contributed by atoms with Gasteiger partial charge in [0.05, 0.1) is 6.61 Å². The molecule has 1 saturated carbocycles. The van der Waals surface area contributed by atoms with E-state index < -0.39 is 0 Å². The Bertz CT molecular complexity index is 499. The molecule has 126 valence electrons. The summed E-state index contributed by atoms with van der Waals surface area (Å²) in [5, 5.41) is 0. The van der Waals surface area contributed by atoms with Crippen LogP contribution in [0.2, 0.25) is 0 Å². The third-order valence-corrected chi connectivity index (χ3v) is 4.45. The Labute approximate surface area is 140 Å². The lowest BCUT2D eigenvalue weighted by Gasteiger charge is -2.12. The lowest BCUT2D eigenvalue weighted by atomic mass is 9.92. The van der Waals surface area contributed by atoms with Crippen LogP contribution in [0.15, 0.2) is 29.8 Å². The molecule has 0 spiro atoms. The van der Waals surface area contributed by atoms with E-state index in [-0.39, 0.29) is 0 Å². The number of rotatable bonds is 9. The molecule has 2 nitrogen and oxygen atoms in total. The quantitative estimate of drug-likeness (QED) is 0.415. The predicted molar refractivity (Wildman–Crippen MR) is 96.8 cm³/mol. The number of carbonyl (C=O) groups is 1. The van der Waals surface area contributed by atoms with Crippen LogP contribution in [0.1, 0.15) is 76.7 Å². The number of hydrogen-bond acceptors (Lipinski definition) is 2. The second-order valence-electron chi connectivity index (χ2n) is 6.49. The Balaban J connectivity index is 1.72. The molecule has 1 aromatic rings. The number of benzene rings is 1. The largest absolute Gasteiger partial charge is 0.494 e. The molecule has 0 bridgehead atoms. The van der Waals surface area contributed by atoms with Crippen LogP contribution in [0.25, 0.3) is 6.08 Å². The van der Waals surface area contributed by atoms with Crippen LogP contribution < -0.4 is 4.74 Å². The van der Waals surface area contributed by atoms with E-state index in [1.807, 2.05) is 30.3 Å². The molecular weight excluding hydrogens is 284 g/mol. The Morgan fingerprint density at radius 1 is 0.957 bits per heavy atom. The molecule has 2 heteroatoms. The molecule has 1 aromatic carbocycles. The van der Waals surface area contributed by atoms with Crippen molar-refractivity contribution in [1.82, 2.24) is 0 Å². The van der Waals surface area contributed by atoms with Gasteiger partial charge in [-0.15, -0.1) is 0 Å². The van der Waals surface area contributed by atoms with E-state index in [0.29, 0.717) is 12.2 Å². The molecule has 0 amide bonds. The van der Waals surface area contributed by atoms with Crippen molar-refractivity contribution in [2.24, 2.45) is 0 Å². The Hall–Kier alpha value is -1.57. The van der Waals surface area contributed by atoms with Gasteiger partial charge in [-0.25, -0.2) is 0 Å². The van der Waals surface area contributed by atoms with Crippen molar-refractivity contribution in [3.8, 4) is 5.75 Å². The number of allylic oxidation sites excluding steroid dienone is 1. The highest BCUT2D eigenvalue weighted by Crippen LogP contribution is 2.23. The Kier molecular flexibility index (Phi) is 7.92. The zero-order chi connectivity index (χ0) is 16.3. The molecule has 1 fully saturated rings. The molecule has 0 atom stereocenters. The first-order chi connectivity index (χ1) is 11.3. The third kappa shape index (κ3) is 6.60. The van der Waals surface area contributed by atoms with E-state index in [4.69, 9.17) is 4.74 Å². The van der Waals surface area contributed by atoms with Crippen LogP contribution >= 0.6 is 0 Å². The van der Waals surface area contributed by atoms with E-state index >= 15 is 0 Å². The van der Waals surface area contributed by atoms with E-state index in [1.54, 1.807) is 0 Å². The average Bonchev–Trinajstić information content (AvgIpc) is 2.57. The second-order valence-corrected chi connectivity index (χ2v) is 6.49. The smallest absolute Gasteiger partial charge is 0.158 e. The van der Waals surface area contributed by atoms with Crippen LogP contribution in [0.5, 0.6) is 5.75 Å². The number of ether oxygens (including phenoxy) is 1. The maximum atomic E-state index is 11.8. The summed E-state index contributed by atoms with van der Waals surface area (Å²) in [6.07, 6.45) is 13.6. The minimum Gasteiger partial charge on any atom is -0.494 e. The molecule has 0 heterocycles. The van der Waals surface area contributed by atoms with Gasteiger partial charge in [0.2, 0.25) is 0 Å². The molecule has 23 heavy (non-hydrogen) atoms. The monoisotopic (exact) mass is 314 g/mol. The van der Waals surface area contributed by atoms with E-state index in [9.17, 15) is 4.79 Å². The van der Waals surface area contributed by atoms with Crippen molar-refractivity contribution in [3.63, 3.8) is 0 Å². The van der Waals surface area contributed by atoms with Gasteiger partial charge in [0.15, 0.2) is 5.78 Å². The summed E-state index contributed by atoms with van der Waals surface area (Å²) in [4.78, 5) is 11.8. The minimum atomic E-state index is 0.319. The predicted octanol–water partition coefficient (Wildman–Crippen LogP) is 5.95. The average molecular weight is 314 g/mol. The van der Waals surface area contributed by atoms with Crippen molar-refractivity contribution in [2.75, 3.05) is 6.61 Å². The fourth-order valence-corrected chi connectivity index (χ4v) is 2.99.